The van der Waals surface area contributed by atoms with Gasteiger partial charge in [0.05, 0.1) is 32.9 Å². The number of anilines is 2. The van der Waals surface area contributed by atoms with Crippen molar-refractivity contribution < 1.29 is 35.9 Å². The molecular formula is C23H11ClF6N4O2. The molecule has 0 fully saturated rings. The molecule has 0 aliphatic heterocycles. The van der Waals surface area contributed by atoms with Crippen LogP contribution in [0.4, 0.5) is 42.5 Å². The topological polar surface area (TPSA) is 84.0 Å². The molecule has 2 N–H and O–H groups in total. The fraction of sp³-hybridized carbons (Fsp3) is 0.0435. The smallest absolute Gasteiger partial charge is 0.308 e. The molecular weight excluding hydrogens is 514 g/mol. The van der Waals surface area contributed by atoms with Crippen molar-refractivity contribution in [1.29, 1.82) is 0 Å². The number of hydrogen-bond donors (Lipinski definition) is 2. The minimum Gasteiger partial charge on any atom is -0.308 e. The van der Waals surface area contributed by atoms with Gasteiger partial charge >= 0.3 is 12.2 Å². The molecule has 1 heterocycles. The Hall–Kier alpha value is -4.19. The van der Waals surface area contributed by atoms with Gasteiger partial charge in [-0.05, 0) is 36.4 Å². The summed E-state index contributed by atoms with van der Waals surface area (Å²) < 4.78 is 82.8. The molecule has 0 radical (unpaired) electrons. The van der Waals surface area contributed by atoms with E-state index in [1.165, 1.54) is 30.6 Å². The first kappa shape index (κ1) is 24.9. The lowest BCUT2D eigenvalue weighted by atomic mass is 10.0. The highest BCUT2D eigenvalue weighted by Crippen LogP contribution is 2.36. The fourth-order valence-corrected chi connectivity index (χ4v) is 3.47. The van der Waals surface area contributed by atoms with Crippen LogP contribution in [0, 0.1) is 17.5 Å². The van der Waals surface area contributed by atoms with Crippen molar-refractivity contribution >= 4 is 45.8 Å². The van der Waals surface area contributed by atoms with Gasteiger partial charge in [-0.3, -0.25) is 14.8 Å². The predicted molar refractivity (Wildman–Crippen MR) is 118 cm³/mol. The average molecular weight is 525 g/mol. The maximum absolute atomic E-state index is 15.1. The third-order valence-electron chi connectivity index (χ3n) is 4.89. The van der Waals surface area contributed by atoms with Gasteiger partial charge in [-0.15, -0.1) is 0 Å². The number of aromatic nitrogens is 2. The van der Waals surface area contributed by atoms with Crippen LogP contribution in [0.3, 0.4) is 0 Å². The molecule has 13 heteroatoms. The second-order valence-corrected chi connectivity index (χ2v) is 7.68. The second kappa shape index (κ2) is 9.46. The van der Waals surface area contributed by atoms with Crippen molar-refractivity contribution in [3.63, 3.8) is 0 Å². The van der Waals surface area contributed by atoms with Gasteiger partial charge in [-0.2, -0.15) is 13.2 Å². The Morgan fingerprint density at radius 3 is 2.22 bits per heavy atom. The van der Waals surface area contributed by atoms with Gasteiger partial charge in [0, 0.05) is 29.7 Å². The molecule has 36 heavy (non-hydrogen) atoms. The third-order valence-corrected chi connectivity index (χ3v) is 5.22. The number of nitrogens with one attached hydrogen (secondary N) is 2. The van der Waals surface area contributed by atoms with Crippen molar-refractivity contribution in [3.8, 4) is 0 Å². The van der Waals surface area contributed by atoms with Crippen LogP contribution in [0.2, 0.25) is 5.02 Å². The highest BCUT2D eigenvalue weighted by atomic mass is 35.5. The summed E-state index contributed by atoms with van der Waals surface area (Å²) in [5, 5.41) is 3.23. The zero-order valence-corrected chi connectivity index (χ0v) is 18.3. The van der Waals surface area contributed by atoms with E-state index in [2.05, 4.69) is 9.97 Å². The number of halogens is 7. The second-order valence-electron chi connectivity index (χ2n) is 7.27. The van der Waals surface area contributed by atoms with Gasteiger partial charge in [0.1, 0.15) is 0 Å². The number of carbonyl (C=O) groups is 2. The first-order valence-corrected chi connectivity index (χ1v) is 10.2. The highest BCUT2D eigenvalue weighted by Gasteiger charge is 2.33. The molecule has 3 aromatic carbocycles. The summed E-state index contributed by atoms with van der Waals surface area (Å²) >= 11 is 5.52. The van der Waals surface area contributed by atoms with E-state index in [1.54, 1.807) is 0 Å². The molecule has 0 bridgehead atoms. The molecule has 4 aromatic rings. The van der Waals surface area contributed by atoms with Crippen molar-refractivity contribution in [3.05, 3.63) is 94.0 Å². The van der Waals surface area contributed by atoms with E-state index in [4.69, 9.17) is 11.6 Å². The SMILES string of the molecule is O=C(Nc1ccc(Cl)c(C(F)(F)F)c1)Nc1cc(F)c(F)c(C(=O)c2ccc3nccnc3c2)c1F. The first-order valence-electron chi connectivity index (χ1n) is 9.83. The fourth-order valence-electron chi connectivity index (χ4n) is 3.25. The largest absolute Gasteiger partial charge is 0.417 e. The summed E-state index contributed by atoms with van der Waals surface area (Å²) in [6, 6.07) is 5.22. The summed E-state index contributed by atoms with van der Waals surface area (Å²) in [6.45, 7) is 0. The maximum Gasteiger partial charge on any atom is 0.417 e. The van der Waals surface area contributed by atoms with E-state index in [9.17, 15) is 31.5 Å². The minimum absolute atomic E-state index is 0.234. The van der Waals surface area contributed by atoms with E-state index in [0.717, 1.165) is 12.1 Å². The molecule has 1 aromatic heterocycles. The summed E-state index contributed by atoms with van der Waals surface area (Å²) in [7, 11) is 0. The number of urea groups is 1. The first-order chi connectivity index (χ1) is 17.0. The van der Waals surface area contributed by atoms with Gasteiger partial charge in [0.2, 0.25) is 0 Å². The standard InChI is InChI=1S/C23H11ClF6N4O2/c24-13-3-2-11(8-12(13)23(28,29)30)33-22(36)34-17-9-14(25)19(26)18(20(17)27)21(35)10-1-4-15-16(7-10)32-6-5-31-15/h1-9H,(H2,33,34,36). The number of rotatable bonds is 4. The molecule has 0 aliphatic rings. The van der Waals surface area contributed by atoms with Gasteiger partial charge in [-0.25, -0.2) is 18.0 Å². The van der Waals surface area contributed by atoms with Gasteiger partial charge in [-0.1, -0.05) is 11.6 Å². The number of nitrogens with zero attached hydrogens (tertiary/aromatic N) is 2. The van der Waals surface area contributed by atoms with Crippen LogP contribution in [0.1, 0.15) is 21.5 Å². The molecule has 184 valence electrons. The zero-order chi connectivity index (χ0) is 26.2. The molecule has 0 saturated heterocycles. The van der Waals surface area contributed by atoms with Crippen LogP contribution >= 0.6 is 11.6 Å². The average Bonchev–Trinajstić information content (AvgIpc) is 2.82. The van der Waals surface area contributed by atoms with E-state index in [1.807, 2.05) is 10.6 Å². The normalized spacial score (nSPS) is 11.4. The lowest BCUT2D eigenvalue weighted by Crippen LogP contribution is -2.22. The van der Waals surface area contributed by atoms with Gasteiger partial charge in [0.25, 0.3) is 0 Å². The van der Waals surface area contributed by atoms with Crippen molar-refractivity contribution in [2.45, 2.75) is 6.18 Å². The number of benzene rings is 3. The van der Waals surface area contributed by atoms with Crippen LogP contribution in [0.5, 0.6) is 0 Å². The minimum atomic E-state index is -4.82. The summed E-state index contributed by atoms with van der Waals surface area (Å²) in [6.07, 6.45) is -2.09. The lowest BCUT2D eigenvalue weighted by Gasteiger charge is -2.14. The van der Waals surface area contributed by atoms with E-state index >= 15 is 4.39 Å². The predicted octanol–water partition coefficient (Wildman–Crippen LogP) is 6.59. The number of amides is 2. The van der Waals surface area contributed by atoms with Gasteiger partial charge in [0.15, 0.2) is 23.2 Å². The van der Waals surface area contributed by atoms with Crippen LogP contribution in [0.25, 0.3) is 11.0 Å². The zero-order valence-electron chi connectivity index (χ0n) is 17.6. The number of alkyl halides is 3. The molecule has 2 amide bonds. The Morgan fingerprint density at radius 1 is 0.833 bits per heavy atom. The Bertz CT molecular complexity index is 1530. The van der Waals surface area contributed by atoms with Crippen LogP contribution in [0.15, 0.2) is 54.9 Å². The van der Waals surface area contributed by atoms with E-state index in [0.29, 0.717) is 11.6 Å². The van der Waals surface area contributed by atoms with Crippen molar-refractivity contribution in [2.75, 3.05) is 10.6 Å². The molecule has 0 aliphatic carbocycles. The molecule has 6 nitrogen and oxygen atoms in total. The Morgan fingerprint density at radius 2 is 1.53 bits per heavy atom. The quantitative estimate of drug-likeness (QED) is 0.179. The number of carbonyl (C=O) groups excluding carboxylic acids is 2. The van der Waals surface area contributed by atoms with E-state index in [-0.39, 0.29) is 22.8 Å². The highest BCUT2D eigenvalue weighted by molar-refractivity contribution is 6.31. The summed E-state index contributed by atoms with van der Waals surface area (Å²) in [4.78, 5) is 33.1. The molecule has 0 spiro atoms. The summed E-state index contributed by atoms with van der Waals surface area (Å²) in [5.41, 5.74) is -3.44. The molecule has 0 atom stereocenters. The molecule has 4 rings (SSSR count). The molecule has 0 unspecified atom stereocenters. The maximum atomic E-state index is 15.1. The van der Waals surface area contributed by atoms with Gasteiger partial charge < -0.3 is 10.6 Å². The van der Waals surface area contributed by atoms with Crippen LogP contribution in [-0.2, 0) is 6.18 Å². The Balaban J connectivity index is 1.63. The number of fused-ring (bicyclic) bond motifs is 1. The Labute approximate surface area is 202 Å². The van der Waals surface area contributed by atoms with E-state index < -0.39 is 57.3 Å². The van der Waals surface area contributed by atoms with Crippen LogP contribution in [-0.4, -0.2) is 21.8 Å². The van der Waals surface area contributed by atoms with Crippen molar-refractivity contribution in [1.82, 2.24) is 9.97 Å². The lowest BCUT2D eigenvalue weighted by molar-refractivity contribution is -0.137. The van der Waals surface area contributed by atoms with Crippen LogP contribution < -0.4 is 10.6 Å². The van der Waals surface area contributed by atoms with Crippen molar-refractivity contribution in [2.24, 2.45) is 0 Å². The number of ketones is 1. The summed E-state index contributed by atoms with van der Waals surface area (Å²) in [5.74, 6) is -6.29. The Kier molecular flexibility index (Phi) is 6.55. The number of hydrogen-bond acceptors (Lipinski definition) is 4. The monoisotopic (exact) mass is 524 g/mol. The molecule has 0 saturated carbocycles. The third kappa shape index (κ3) is 4.93.